The van der Waals surface area contributed by atoms with Gasteiger partial charge in [0.05, 0.1) is 12.1 Å². The van der Waals surface area contributed by atoms with Gasteiger partial charge in [-0.3, -0.25) is 4.90 Å². The molecule has 21 heavy (non-hydrogen) atoms. The van der Waals surface area contributed by atoms with Crippen molar-refractivity contribution in [2.75, 3.05) is 26.2 Å². The van der Waals surface area contributed by atoms with Gasteiger partial charge in [-0.15, -0.1) is 0 Å². The molecule has 1 aliphatic heterocycles. The molecule has 2 rings (SSSR count). The van der Waals surface area contributed by atoms with Crippen LogP contribution in [0.2, 0.25) is 0 Å². The van der Waals surface area contributed by atoms with Crippen molar-refractivity contribution < 1.29 is 4.74 Å². The SMILES string of the molecule is CCCCN(CC)C1COc2ccccc2C1NCCC. The largest absolute Gasteiger partial charge is 0.492 e. The van der Waals surface area contributed by atoms with Crippen molar-refractivity contribution in [1.82, 2.24) is 10.2 Å². The molecule has 3 heteroatoms. The summed E-state index contributed by atoms with van der Waals surface area (Å²) in [5.74, 6) is 1.05. The van der Waals surface area contributed by atoms with Gasteiger partial charge in [0.1, 0.15) is 12.4 Å². The molecule has 1 heterocycles. The topological polar surface area (TPSA) is 24.5 Å². The molecule has 0 fully saturated rings. The first-order chi connectivity index (χ1) is 10.3. The molecule has 0 bridgehead atoms. The highest BCUT2D eigenvalue weighted by molar-refractivity contribution is 5.38. The summed E-state index contributed by atoms with van der Waals surface area (Å²) in [5.41, 5.74) is 1.32. The van der Waals surface area contributed by atoms with Crippen LogP contribution in [-0.2, 0) is 0 Å². The van der Waals surface area contributed by atoms with E-state index in [9.17, 15) is 0 Å². The van der Waals surface area contributed by atoms with Crippen molar-refractivity contribution >= 4 is 0 Å². The highest BCUT2D eigenvalue weighted by atomic mass is 16.5. The van der Waals surface area contributed by atoms with Crippen LogP contribution < -0.4 is 10.1 Å². The van der Waals surface area contributed by atoms with Crippen LogP contribution in [-0.4, -0.2) is 37.2 Å². The third kappa shape index (κ3) is 3.98. The fourth-order valence-corrected chi connectivity index (χ4v) is 3.13. The Bertz CT molecular complexity index is 421. The van der Waals surface area contributed by atoms with Gasteiger partial charge in [0.25, 0.3) is 0 Å². The number of hydrogen-bond donors (Lipinski definition) is 1. The normalized spacial score (nSPS) is 21.1. The third-order valence-corrected chi connectivity index (χ3v) is 4.34. The predicted octanol–water partition coefficient (Wildman–Crippen LogP) is 3.61. The van der Waals surface area contributed by atoms with E-state index in [4.69, 9.17) is 4.74 Å². The molecule has 0 radical (unpaired) electrons. The second-order valence-electron chi connectivity index (χ2n) is 5.83. The zero-order chi connectivity index (χ0) is 15.1. The van der Waals surface area contributed by atoms with Crippen LogP contribution in [0, 0.1) is 0 Å². The van der Waals surface area contributed by atoms with Gasteiger partial charge in [-0.25, -0.2) is 0 Å². The number of benzene rings is 1. The van der Waals surface area contributed by atoms with Crippen LogP contribution in [0.1, 0.15) is 51.6 Å². The Hall–Kier alpha value is -1.06. The van der Waals surface area contributed by atoms with Crippen LogP contribution >= 0.6 is 0 Å². The number of unbranched alkanes of at least 4 members (excludes halogenated alkanes) is 1. The van der Waals surface area contributed by atoms with E-state index in [0.29, 0.717) is 12.1 Å². The molecular formula is C18H30N2O. The van der Waals surface area contributed by atoms with E-state index >= 15 is 0 Å². The number of nitrogens with zero attached hydrogens (tertiary/aromatic N) is 1. The molecule has 0 aromatic heterocycles. The maximum Gasteiger partial charge on any atom is 0.124 e. The third-order valence-electron chi connectivity index (χ3n) is 4.34. The summed E-state index contributed by atoms with van der Waals surface area (Å²) >= 11 is 0. The summed E-state index contributed by atoms with van der Waals surface area (Å²) in [6.45, 7) is 10.8. The maximum absolute atomic E-state index is 6.03. The Morgan fingerprint density at radius 1 is 1.19 bits per heavy atom. The van der Waals surface area contributed by atoms with E-state index in [-0.39, 0.29) is 0 Å². The smallest absolute Gasteiger partial charge is 0.124 e. The first kappa shape index (κ1) is 16.3. The van der Waals surface area contributed by atoms with Gasteiger partial charge in [-0.1, -0.05) is 45.4 Å². The summed E-state index contributed by atoms with van der Waals surface area (Å²) < 4.78 is 6.03. The minimum Gasteiger partial charge on any atom is -0.492 e. The Morgan fingerprint density at radius 2 is 2.00 bits per heavy atom. The Kier molecular flexibility index (Phi) is 6.52. The fraction of sp³-hybridized carbons (Fsp3) is 0.667. The molecule has 0 saturated carbocycles. The molecule has 1 aromatic rings. The van der Waals surface area contributed by atoms with Crippen molar-refractivity contribution in [2.24, 2.45) is 0 Å². The minimum atomic E-state index is 0.381. The lowest BCUT2D eigenvalue weighted by atomic mass is 9.94. The Labute approximate surface area is 129 Å². The fourth-order valence-electron chi connectivity index (χ4n) is 3.13. The number of ether oxygens (including phenoxy) is 1. The Balaban J connectivity index is 2.19. The van der Waals surface area contributed by atoms with Crippen molar-refractivity contribution in [1.29, 1.82) is 0 Å². The maximum atomic E-state index is 6.03. The number of likely N-dealkylation sites (N-methyl/N-ethyl adjacent to an activating group) is 1. The van der Waals surface area contributed by atoms with E-state index in [1.807, 2.05) is 0 Å². The zero-order valence-corrected chi connectivity index (χ0v) is 13.8. The molecule has 2 unspecified atom stereocenters. The van der Waals surface area contributed by atoms with Crippen LogP contribution in [0.15, 0.2) is 24.3 Å². The summed E-state index contributed by atoms with van der Waals surface area (Å²) in [6, 6.07) is 9.30. The molecule has 2 atom stereocenters. The van der Waals surface area contributed by atoms with E-state index < -0.39 is 0 Å². The first-order valence-corrected chi connectivity index (χ1v) is 8.50. The predicted molar refractivity (Wildman–Crippen MR) is 88.9 cm³/mol. The molecule has 0 aliphatic carbocycles. The lowest BCUT2D eigenvalue weighted by Gasteiger charge is -2.40. The van der Waals surface area contributed by atoms with Crippen molar-refractivity contribution in [2.45, 2.75) is 52.1 Å². The molecule has 1 N–H and O–H groups in total. The summed E-state index contributed by atoms with van der Waals surface area (Å²) in [4.78, 5) is 2.58. The summed E-state index contributed by atoms with van der Waals surface area (Å²) in [7, 11) is 0. The van der Waals surface area contributed by atoms with Crippen LogP contribution in [0.25, 0.3) is 0 Å². The molecule has 0 saturated heterocycles. The van der Waals surface area contributed by atoms with Crippen LogP contribution in [0.3, 0.4) is 0 Å². The average molecular weight is 290 g/mol. The molecular weight excluding hydrogens is 260 g/mol. The molecule has 118 valence electrons. The minimum absolute atomic E-state index is 0.381. The highest BCUT2D eigenvalue weighted by Gasteiger charge is 2.33. The zero-order valence-electron chi connectivity index (χ0n) is 13.8. The van der Waals surface area contributed by atoms with E-state index in [1.165, 1.54) is 18.4 Å². The van der Waals surface area contributed by atoms with Gasteiger partial charge >= 0.3 is 0 Å². The van der Waals surface area contributed by atoms with Crippen molar-refractivity contribution in [3.63, 3.8) is 0 Å². The number of para-hydroxylation sites is 1. The van der Waals surface area contributed by atoms with Gasteiger partial charge in [-0.05, 0) is 38.5 Å². The van der Waals surface area contributed by atoms with Gasteiger partial charge in [-0.2, -0.15) is 0 Å². The van der Waals surface area contributed by atoms with Gasteiger partial charge in [0.15, 0.2) is 0 Å². The molecule has 3 nitrogen and oxygen atoms in total. The second-order valence-corrected chi connectivity index (χ2v) is 5.83. The highest BCUT2D eigenvalue weighted by Crippen LogP contribution is 2.34. The van der Waals surface area contributed by atoms with E-state index in [0.717, 1.165) is 38.4 Å². The van der Waals surface area contributed by atoms with Crippen molar-refractivity contribution in [3.05, 3.63) is 29.8 Å². The van der Waals surface area contributed by atoms with Gasteiger partial charge < -0.3 is 10.1 Å². The number of nitrogens with one attached hydrogen (secondary N) is 1. The monoisotopic (exact) mass is 290 g/mol. The molecule has 0 spiro atoms. The van der Waals surface area contributed by atoms with Gasteiger partial charge in [0, 0.05) is 5.56 Å². The molecule has 1 aliphatic rings. The van der Waals surface area contributed by atoms with Crippen LogP contribution in [0.5, 0.6) is 5.75 Å². The number of rotatable bonds is 8. The Morgan fingerprint density at radius 3 is 2.71 bits per heavy atom. The molecule has 0 amide bonds. The van der Waals surface area contributed by atoms with Gasteiger partial charge in [0.2, 0.25) is 0 Å². The summed E-state index contributed by atoms with van der Waals surface area (Å²) in [6.07, 6.45) is 3.66. The second kappa shape index (κ2) is 8.40. The molecule has 1 aromatic carbocycles. The average Bonchev–Trinajstić information content (AvgIpc) is 2.54. The lowest BCUT2D eigenvalue weighted by molar-refractivity contribution is 0.0884. The first-order valence-electron chi connectivity index (χ1n) is 8.50. The van der Waals surface area contributed by atoms with E-state index in [1.54, 1.807) is 0 Å². The number of hydrogen-bond acceptors (Lipinski definition) is 3. The summed E-state index contributed by atoms with van der Waals surface area (Å²) in [5, 5.41) is 3.75. The number of fused-ring (bicyclic) bond motifs is 1. The van der Waals surface area contributed by atoms with Crippen LogP contribution in [0.4, 0.5) is 0 Å². The quantitative estimate of drug-likeness (QED) is 0.791. The van der Waals surface area contributed by atoms with E-state index in [2.05, 4.69) is 55.3 Å². The lowest BCUT2D eigenvalue weighted by Crippen LogP contribution is -2.50. The standard InChI is InChI=1S/C18H30N2O/c1-4-7-13-20(6-3)16-14-21-17-11-9-8-10-15(17)18(16)19-12-5-2/h8-11,16,18-19H,4-7,12-14H2,1-3H3. The van der Waals surface area contributed by atoms with Crippen molar-refractivity contribution in [3.8, 4) is 5.75 Å².